The van der Waals surface area contributed by atoms with Crippen LogP contribution in [0.3, 0.4) is 0 Å². The third-order valence-electron chi connectivity index (χ3n) is 5.10. The van der Waals surface area contributed by atoms with Crippen molar-refractivity contribution in [2.75, 3.05) is 19.8 Å². The Bertz CT molecular complexity index is 853. The molecule has 0 bridgehead atoms. The highest BCUT2D eigenvalue weighted by atomic mass is 16.5. The van der Waals surface area contributed by atoms with Crippen molar-refractivity contribution in [2.24, 2.45) is 17.8 Å². The first kappa shape index (κ1) is 26.8. The van der Waals surface area contributed by atoms with Gasteiger partial charge in [-0.15, -0.1) is 0 Å². The maximum atomic E-state index is 13.2. The van der Waals surface area contributed by atoms with E-state index in [1.807, 2.05) is 24.3 Å². The monoisotopic (exact) mass is 454 g/mol. The second-order valence-electron chi connectivity index (χ2n) is 10.0. The van der Waals surface area contributed by atoms with Crippen molar-refractivity contribution in [1.29, 1.82) is 0 Å². The summed E-state index contributed by atoms with van der Waals surface area (Å²) in [4.78, 5) is 13.2. The van der Waals surface area contributed by atoms with Gasteiger partial charge in [-0.25, -0.2) is 0 Å². The molecule has 182 valence electrons. The summed E-state index contributed by atoms with van der Waals surface area (Å²) < 4.78 is 17.9. The molecule has 0 aromatic heterocycles. The Morgan fingerprint density at radius 3 is 1.82 bits per heavy atom. The van der Waals surface area contributed by atoms with Crippen LogP contribution < -0.4 is 14.2 Å². The average Bonchev–Trinajstić information content (AvgIpc) is 2.78. The minimum Gasteiger partial charge on any atom is -0.493 e. The number of aryl methyl sites for hydroxylation is 2. The molecule has 0 heterocycles. The molecule has 0 N–H and O–H groups in total. The molecule has 0 amide bonds. The lowest BCUT2D eigenvalue weighted by Gasteiger charge is -2.15. The molecular formula is C29H42O4. The van der Waals surface area contributed by atoms with Crippen LogP contribution in [0.4, 0.5) is 0 Å². The summed E-state index contributed by atoms with van der Waals surface area (Å²) in [5, 5.41) is 0. The fourth-order valence-electron chi connectivity index (χ4n) is 3.26. The van der Waals surface area contributed by atoms with Gasteiger partial charge in [-0.2, -0.15) is 0 Å². The lowest BCUT2D eigenvalue weighted by molar-refractivity contribution is 0.0981. The normalized spacial score (nSPS) is 11.3. The van der Waals surface area contributed by atoms with Gasteiger partial charge in [0.15, 0.2) is 5.78 Å². The first-order chi connectivity index (χ1) is 15.7. The fourth-order valence-corrected chi connectivity index (χ4v) is 3.26. The molecular weight excluding hydrogens is 412 g/mol. The maximum absolute atomic E-state index is 13.2. The van der Waals surface area contributed by atoms with Gasteiger partial charge in [0.25, 0.3) is 0 Å². The third kappa shape index (κ3) is 9.49. The summed E-state index contributed by atoms with van der Waals surface area (Å²) >= 11 is 0. The standard InChI is InChI=1S/C29H42O4/c1-8-23-9-12-29(33-19-22(6)7)24(13-23)10-11-28(30)25-14-26(31-17-20(2)3)16-27(15-25)32-18-21(4)5/h9,12-16,20-22H,8,10-11,17-19H2,1-7H3. The molecule has 2 aromatic carbocycles. The molecule has 33 heavy (non-hydrogen) atoms. The number of ether oxygens (including phenoxy) is 3. The highest BCUT2D eigenvalue weighted by Gasteiger charge is 2.14. The van der Waals surface area contributed by atoms with Crippen LogP contribution in [-0.4, -0.2) is 25.6 Å². The lowest BCUT2D eigenvalue weighted by atomic mass is 9.99. The van der Waals surface area contributed by atoms with Crippen molar-refractivity contribution in [3.63, 3.8) is 0 Å². The van der Waals surface area contributed by atoms with E-state index in [-0.39, 0.29) is 5.78 Å². The molecule has 0 atom stereocenters. The quantitative estimate of drug-likeness (QED) is 0.284. The number of carbonyl (C=O) groups is 1. The summed E-state index contributed by atoms with van der Waals surface area (Å²) in [5.41, 5.74) is 2.97. The average molecular weight is 455 g/mol. The zero-order chi connectivity index (χ0) is 24.4. The third-order valence-corrected chi connectivity index (χ3v) is 5.10. The number of hydrogen-bond acceptors (Lipinski definition) is 4. The zero-order valence-corrected chi connectivity index (χ0v) is 21.6. The largest absolute Gasteiger partial charge is 0.493 e. The lowest BCUT2D eigenvalue weighted by Crippen LogP contribution is -2.09. The molecule has 0 fully saturated rings. The van der Waals surface area contributed by atoms with Crippen LogP contribution in [0.25, 0.3) is 0 Å². The van der Waals surface area contributed by atoms with E-state index < -0.39 is 0 Å². The Morgan fingerprint density at radius 1 is 0.758 bits per heavy atom. The van der Waals surface area contributed by atoms with Crippen molar-refractivity contribution in [1.82, 2.24) is 0 Å². The van der Waals surface area contributed by atoms with Gasteiger partial charge in [-0.1, -0.05) is 60.6 Å². The van der Waals surface area contributed by atoms with E-state index in [9.17, 15) is 4.79 Å². The van der Waals surface area contributed by atoms with Crippen LogP contribution in [0.2, 0.25) is 0 Å². The number of rotatable bonds is 14. The van der Waals surface area contributed by atoms with Gasteiger partial charge < -0.3 is 14.2 Å². The Labute approximate surface area is 200 Å². The van der Waals surface area contributed by atoms with Crippen LogP contribution in [0.1, 0.15) is 76.4 Å². The molecule has 0 saturated heterocycles. The number of hydrogen-bond donors (Lipinski definition) is 0. The molecule has 4 heteroatoms. The summed E-state index contributed by atoms with van der Waals surface area (Å²) in [6.07, 6.45) is 2.00. The summed E-state index contributed by atoms with van der Waals surface area (Å²) in [5.74, 6) is 3.58. The van der Waals surface area contributed by atoms with E-state index >= 15 is 0 Å². The van der Waals surface area contributed by atoms with E-state index in [1.165, 1.54) is 5.56 Å². The molecule has 4 nitrogen and oxygen atoms in total. The summed E-state index contributed by atoms with van der Waals surface area (Å²) in [7, 11) is 0. The Hall–Kier alpha value is -2.49. The van der Waals surface area contributed by atoms with Crippen LogP contribution in [-0.2, 0) is 12.8 Å². The number of Topliss-reactive ketones (excluding diaryl/α,β-unsaturated/α-hetero) is 1. The van der Waals surface area contributed by atoms with Crippen molar-refractivity contribution >= 4 is 5.78 Å². The SMILES string of the molecule is CCc1ccc(OCC(C)C)c(CCC(=O)c2cc(OCC(C)C)cc(OCC(C)C)c2)c1. The highest BCUT2D eigenvalue weighted by Crippen LogP contribution is 2.27. The van der Waals surface area contributed by atoms with E-state index in [0.717, 1.165) is 17.7 Å². The fraction of sp³-hybridized carbons (Fsp3) is 0.552. The predicted molar refractivity (Wildman–Crippen MR) is 136 cm³/mol. The van der Waals surface area contributed by atoms with E-state index in [2.05, 4.69) is 60.6 Å². The smallest absolute Gasteiger partial charge is 0.163 e. The second kappa shape index (κ2) is 13.3. The van der Waals surface area contributed by atoms with Crippen molar-refractivity contribution in [2.45, 2.75) is 67.7 Å². The molecule has 0 radical (unpaired) electrons. The van der Waals surface area contributed by atoms with E-state index in [0.29, 0.717) is 67.5 Å². The molecule has 2 aromatic rings. The van der Waals surface area contributed by atoms with Crippen molar-refractivity contribution in [3.8, 4) is 17.2 Å². The maximum Gasteiger partial charge on any atom is 0.163 e. The topological polar surface area (TPSA) is 44.8 Å². The van der Waals surface area contributed by atoms with Crippen LogP contribution >= 0.6 is 0 Å². The number of benzene rings is 2. The second-order valence-corrected chi connectivity index (χ2v) is 10.0. The van der Waals surface area contributed by atoms with Gasteiger partial charge in [-0.05, 0) is 59.9 Å². The summed E-state index contributed by atoms with van der Waals surface area (Å²) in [6.45, 7) is 16.7. The van der Waals surface area contributed by atoms with E-state index in [1.54, 1.807) is 0 Å². The van der Waals surface area contributed by atoms with Gasteiger partial charge >= 0.3 is 0 Å². The zero-order valence-electron chi connectivity index (χ0n) is 21.6. The number of carbonyl (C=O) groups excluding carboxylic acids is 1. The van der Waals surface area contributed by atoms with Crippen LogP contribution in [0, 0.1) is 17.8 Å². The van der Waals surface area contributed by atoms with Gasteiger partial charge in [0.2, 0.25) is 0 Å². The Kier molecular flexibility index (Phi) is 10.8. The van der Waals surface area contributed by atoms with Gasteiger partial charge in [0.1, 0.15) is 17.2 Å². The molecule has 0 aliphatic carbocycles. The number of ketones is 1. The molecule has 0 unspecified atom stereocenters. The highest BCUT2D eigenvalue weighted by molar-refractivity contribution is 5.97. The molecule has 0 spiro atoms. The molecule has 2 rings (SSSR count). The van der Waals surface area contributed by atoms with Crippen molar-refractivity contribution < 1.29 is 19.0 Å². The minimum absolute atomic E-state index is 0.0797. The van der Waals surface area contributed by atoms with Gasteiger partial charge in [0.05, 0.1) is 19.8 Å². The van der Waals surface area contributed by atoms with Crippen LogP contribution in [0.15, 0.2) is 36.4 Å². The van der Waals surface area contributed by atoms with E-state index in [4.69, 9.17) is 14.2 Å². The molecule has 0 aliphatic rings. The van der Waals surface area contributed by atoms with Crippen molar-refractivity contribution in [3.05, 3.63) is 53.1 Å². The predicted octanol–water partition coefficient (Wildman–Crippen LogP) is 7.17. The van der Waals surface area contributed by atoms with Gasteiger partial charge in [0, 0.05) is 18.1 Å². The van der Waals surface area contributed by atoms with Crippen LogP contribution in [0.5, 0.6) is 17.2 Å². The minimum atomic E-state index is 0.0797. The summed E-state index contributed by atoms with van der Waals surface area (Å²) in [6, 6.07) is 11.9. The molecule has 0 saturated carbocycles. The first-order valence-corrected chi connectivity index (χ1v) is 12.4. The molecule has 0 aliphatic heterocycles. The van der Waals surface area contributed by atoms with Gasteiger partial charge in [-0.3, -0.25) is 4.79 Å². The Balaban J connectivity index is 2.19. The first-order valence-electron chi connectivity index (χ1n) is 12.4. The Morgan fingerprint density at radius 2 is 1.30 bits per heavy atom.